The Morgan fingerprint density at radius 3 is 2.20 bits per heavy atom. The second-order valence-electron chi connectivity index (χ2n) is 2.18. The molecule has 1 rings (SSSR count). The molecule has 0 saturated carbocycles. The van der Waals surface area contributed by atoms with Gasteiger partial charge >= 0.3 is 36.9 Å². The fourth-order valence-corrected chi connectivity index (χ4v) is 0.659. The van der Waals surface area contributed by atoms with Crippen LogP contribution in [0.4, 0.5) is 0 Å². The van der Waals surface area contributed by atoms with E-state index in [-0.39, 0.29) is 42.0 Å². The van der Waals surface area contributed by atoms with Crippen LogP contribution in [-0.4, -0.2) is 23.7 Å². The van der Waals surface area contributed by atoms with Crippen LogP contribution in [0.5, 0.6) is 0 Å². The van der Waals surface area contributed by atoms with E-state index in [4.69, 9.17) is 15.1 Å². The van der Waals surface area contributed by atoms with Crippen molar-refractivity contribution in [3.63, 3.8) is 0 Å². The first kappa shape index (κ1) is 20.5. The van der Waals surface area contributed by atoms with Crippen LogP contribution in [0.25, 0.3) is 0 Å². The average molecular weight is 241 g/mol. The minimum atomic E-state index is -2.42. The van der Waals surface area contributed by atoms with Crippen molar-refractivity contribution in [2.45, 2.75) is 0 Å². The number of hydrogen-bond acceptors (Lipinski definition) is 4. The molecule has 0 aliphatic heterocycles. The summed E-state index contributed by atoms with van der Waals surface area (Å²) < 4.78 is 1.77. The van der Waals surface area contributed by atoms with Crippen molar-refractivity contribution in [1.82, 2.24) is 0 Å². The minimum absolute atomic E-state index is 0. The van der Waals surface area contributed by atoms with E-state index in [1.54, 1.807) is 10.6 Å². The summed E-state index contributed by atoms with van der Waals surface area (Å²) >= 11 is 0. The fourth-order valence-electron chi connectivity index (χ4n) is 0.659. The standard InChI is InChI=1S/C7H8NO.BH2O3.ClH.Na/c1-8-5-3-2-4-7(8)6-9;2-1(3)4;;/h2-6H,1H3;2-3H;1H;/q+1;-1;;+1/p-1. The molecule has 0 bridgehead atoms. The maximum Gasteiger partial charge on any atom is 1.00 e. The van der Waals surface area contributed by atoms with Gasteiger partial charge in [0.25, 0.3) is 0 Å². The van der Waals surface area contributed by atoms with Gasteiger partial charge in [0.1, 0.15) is 7.05 Å². The second kappa shape index (κ2) is 12.1. The number of carbonyl (C=O) groups excluding carboxylic acids is 1. The van der Waals surface area contributed by atoms with Gasteiger partial charge in [-0.15, -0.1) is 0 Å². The van der Waals surface area contributed by atoms with Gasteiger partial charge in [-0.1, -0.05) is 0 Å². The molecule has 8 heteroatoms. The van der Waals surface area contributed by atoms with Crippen LogP contribution in [0, 0.1) is 0 Å². The van der Waals surface area contributed by atoms with Gasteiger partial charge in [-0.05, 0) is 6.07 Å². The summed E-state index contributed by atoms with van der Waals surface area (Å²) in [5.41, 5.74) is 0.692. The summed E-state index contributed by atoms with van der Waals surface area (Å²) in [5, 5.41) is 22.8. The van der Waals surface area contributed by atoms with Crippen LogP contribution in [-0.2, 0) is 7.05 Å². The maximum absolute atomic E-state index is 10.2. The average Bonchev–Trinajstić information content (AvgIpc) is 2.04. The monoisotopic (exact) mass is 241 g/mol. The summed E-state index contributed by atoms with van der Waals surface area (Å²) in [4.78, 5) is 10.2. The second-order valence-corrected chi connectivity index (χ2v) is 2.18. The van der Waals surface area contributed by atoms with Gasteiger partial charge in [0.15, 0.2) is 6.20 Å². The van der Waals surface area contributed by atoms with Crippen LogP contribution in [0.2, 0.25) is 0 Å². The Labute approximate surface area is 117 Å². The molecule has 78 valence electrons. The van der Waals surface area contributed by atoms with Crippen molar-refractivity contribution in [1.29, 1.82) is 0 Å². The topological polar surface area (TPSA) is 84.5 Å². The molecule has 0 saturated heterocycles. The summed E-state index contributed by atoms with van der Waals surface area (Å²) in [7, 11) is -0.580. The van der Waals surface area contributed by atoms with E-state index in [0.29, 0.717) is 5.69 Å². The van der Waals surface area contributed by atoms with Gasteiger partial charge in [-0.2, -0.15) is 4.57 Å². The van der Waals surface area contributed by atoms with E-state index in [1.807, 2.05) is 25.4 Å². The molecule has 0 spiro atoms. The molecule has 0 aliphatic rings. The van der Waals surface area contributed by atoms with Crippen LogP contribution < -0.4 is 51.6 Å². The number of aryl methyl sites for hydroxylation is 1. The Balaban J connectivity index is -0.000000213. The van der Waals surface area contributed by atoms with Gasteiger partial charge in [0.05, 0.1) is 0 Å². The predicted octanol–water partition coefficient (Wildman–Crippen LogP) is -8.35. The summed E-state index contributed by atoms with van der Waals surface area (Å²) in [6, 6.07) is 5.49. The van der Waals surface area contributed by atoms with Gasteiger partial charge in [-0.25, -0.2) is 0 Å². The van der Waals surface area contributed by atoms with Gasteiger partial charge in [0.2, 0.25) is 12.0 Å². The summed E-state index contributed by atoms with van der Waals surface area (Å²) in [6.07, 6.45) is 2.67. The quantitative estimate of drug-likeness (QED) is 0.291. The minimum Gasteiger partial charge on any atom is -1.00 e. The number of aldehydes is 1. The molecule has 15 heavy (non-hydrogen) atoms. The Morgan fingerprint density at radius 2 is 1.93 bits per heavy atom. The molecule has 5 nitrogen and oxygen atoms in total. The van der Waals surface area contributed by atoms with Gasteiger partial charge in [0, 0.05) is 12.1 Å². The zero-order valence-corrected chi connectivity index (χ0v) is 11.3. The van der Waals surface area contributed by atoms with E-state index in [2.05, 4.69) is 0 Å². The van der Waals surface area contributed by atoms with Gasteiger partial charge in [-0.3, -0.25) is 4.79 Å². The zero-order valence-electron chi connectivity index (χ0n) is 8.50. The van der Waals surface area contributed by atoms with E-state index in [9.17, 15) is 4.79 Å². The number of aromatic nitrogens is 1. The first-order valence-corrected chi connectivity index (χ1v) is 3.49. The van der Waals surface area contributed by atoms with Gasteiger partial charge < -0.3 is 27.5 Å². The van der Waals surface area contributed by atoms with Crippen LogP contribution in [0.3, 0.4) is 0 Å². The van der Waals surface area contributed by atoms with Crippen molar-refractivity contribution in [3.05, 3.63) is 30.1 Å². The molecule has 0 unspecified atom stereocenters. The van der Waals surface area contributed by atoms with E-state index >= 15 is 0 Å². The summed E-state index contributed by atoms with van der Waals surface area (Å²) in [6.45, 7) is 0. The van der Waals surface area contributed by atoms with Crippen molar-refractivity contribution in [3.8, 4) is 0 Å². The molecule has 1 aromatic heterocycles. The molecule has 0 fully saturated rings. The van der Waals surface area contributed by atoms with E-state index < -0.39 is 7.32 Å². The molecule has 0 amide bonds. The van der Waals surface area contributed by atoms with E-state index in [1.165, 1.54) is 0 Å². The third kappa shape index (κ3) is 12.0. The van der Waals surface area contributed by atoms with Crippen LogP contribution in [0.15, 0.2) is 24.4 Å². The molecule has 0 aliphatic carbocycles. The van der Waals surface area contributed by atoms with E-state index in [0.717, 1.165) is 6.29 Å². The predicted molar refractivity (Wildman–Crippen MR) is 43.2 cm³/mol. The molecular formula is C7H10BClNNaO4. The number of rotatable bonds is 1. The Morgan fingerprint density at radius 1 is 1.47 bits per heavy atom. The number of carbonyl (C=O) groups is 1. The van der Waals surface area contributed by atoms with Crippen molar-refractivity contribution >= 4 is 13.6 Å². The van der Waals surface area contributed by atoms with Crippen molar-refractivity contribution in [2.24, 2.45) is 7.05 Å². The van der Waals surface area contributed by atoms with Crippen LogP contribution in [0.1, 0.15) is 10.5 Å². The Hall–Kier alpha value is 0.0549. The third-order valence-corrected chi connectivity index (χ3v) is 1.22. The number of halogens is 1. The first-order valence-electron chi connectivity index (χ1n) is 3.49. The van der Waals surface area contributed by atoms with Crippen LogP contribution >= 0.6 is 0 Å². The molecular weight excluding hydrogens is 231 g/mol. The SMILES string of the molecule is C[n+]1ccccc1C=O.[Cl-].[Na+].[O-]B(O)O. The molecule has 0 radical (unpaired) electrons. The largest absolute Gasteiger partial charge is 1.00 e. The summed E-state index contributed by atoms with van der Waals surface area (Å²) in [5.74, 6) is 0. The molecule has 0 aromatic carbocycles. The maximum atomic E-state index is 10.2. The molecule has 0 atom stereocenters. The number of nitrogens with zero attached hydrogens (tertiary/aromatic N) is 1. The Kier molecular flexibility index (Phi) is 16.5. The van der Waals surface area contributed by atoms with Crippen molar-refractivity contribution < 1.29 is 66.4 Å². The molecule has 1 aromatic rings. The normalized spacial score (nSPS) is 7.20. The molecule has 2 N–H and O–H groups in total. The molecule has 1 heterocycles. The third-order valence-electron chi connectivity index (χ3n) is 1.22. The smallest absolute Gasteiger partial charge is 1.00 e. The first-order chi connectivity index (χ1) is 6.07. The fraction of sp³-hybridized carbons (Fsp3) is 0.143. The Bertz CT molecular complexity index is 274. The zero-order chi connectivity index (χ0) is 10.3. The number of hydrogen-bond donors (Lipinski definition) is 2. The van der Waals surface area contributed by atoms with Crippen molar-refractivity contribution in [2.75, 3.05) is 0 Å². The number of pyridine rings is 1.